The second kappa shape index (κ2) is 6.29. The number of sulfonamides is 1. The van der Waals surface area contributed by atoms with Gasteiger partial charge < -0.3 is 0 Å². The predicted octanol–water partition coefficient (Wildman–Crippen LogP) is 1.42. The van der Waals surface area contributed by atoms with E-state index in [1.807, 2.05) is 0 Å². The fourth-order valence-electron chi connectivity index (χ4n) is 2.94. The first-order valence-corrected chi connectivity index (χ1v) is 9.02. The molecule has 1 aliphatic rings. The zero-order valence-corrected chi connectivity index (χ0v) is 13.7. The van der Waals surface area contributed by atoms with Crippen LogP contribution in [-0.4, -0.2) is 36.0 Å². The lowest BCUT2D eigenvalue weighted by Gasteiger charge is -2.23. The Balaban J connectivity index is 1.87. The lowest BCUT2D eigenvalue weighted by Crippen LogP contribution is -2.35. The Labute approximate surface area is 134 Å². The van der Waals surface area contributed by atoms with Gasteiger partial charge in [0.05, 0.1) is 10.9 Å². The summed E-state index contributed by atoms with van der Waals surface area (Å²) in [4.78, 5) is 12.1. The molecule has 1 aliphatic heterocycles. The van der Waals surface area contributed by atoms with Crippen molar-refractivity contribution < 1.29 is 12.9 Å². The van der Waals surface area contributed by atoms with Crippen LogP contribution in [0.2, 0.25) is 0 Å². The standard InChI is InChI=1S/C15H19N3O4S/c1-17(23(20,21)13-8-3-2-4-9-13)11-12-7-5-6-10-14-16-22-15(19)18(12)14/h2-4,8-9,12H,5-7,10-11H2,1H3. The molecule has 1 aromatic heterocycles. The Hall–Kier alpha value is -1.93. The van der Waals surface area contributed by atoms with E-state index >= 15 is 0 Å². The van der Waals surface area contributed by atoms with Gasteiger partial charge in [0.1, 0.15) is 0 Å². The molecule has 0 bridgehead atoms. The summed E-state index contributed by atoms with van der Waals surface area (Å²) >= 11 is 0. The topological polar surface area (TPSA) is 85.4 Å². The minimum Gasteiger partial charge on any atom is -0.296 e. The van der Waals surface area contributed by atoms with E-state index in [1.165, 1.54) is 15.9 Å². The van der Waals surface area contributed by atoms with Crippen LogP contribution in [-0.2, 0) is 16.4 Å². The largest absolute Gasteiger partial charge is 0.441 e. The Morgan fingerprint density at radius 1 is 1.30 bits per heavy atom. The van der Waals surface area contributed by atoms with Crippen molar-refractivity contribution in [3.63, 3.8) is 0 Å². The van der Waals surface area contributed by atoms with E-state index in [9.17, 15) is 13.2 Å². The van der Waals surface area contributed by atoms with E-state index in [1.54, 1.807) is 30.3 Å². The highest BCUT2D eigenvalue weighted by Gasteiger charge is 2.28. The maximum absolute atomic E-state index is 12.6. The summed E-state index contributed by atoms with van der Waals surface area (Å²) in [5.41, 5.74) is 0. The van der Waals surface area contributed by atoms with Crippen LogP contribution in [0.5, 0.6) is 0 Å². The maximum atomic E-state index is 12.6. The molecule has 3 rings (SSSR count). The average molecular weight is 337 g/mol. The van der Waals surface area contributed by atoms with E-state index in [-0.39, 0.29) is 17.5 Å². The molecule has 23 heavy (non-hydrogen) atoms. The van der Waals surface area contributed by atoms with E-state index in [0.29, 0.717) is 12.2 Å². The first-order chi connectivity index (χ1) is 11.0. The molecule has 2 aromatic rings. The van der Waals surface area contributed by atoms with E-state index in [0.717, 1.165) is 19.3 Å². The molecule has 0 aliphatic carbocycles. The van der Waals surface area contributed by atoms with Crippen molar-refractivity contribution in [2.45, 2.75) is 36.6 Å². The number of hydrogen-bond donors (Lipinski definition) is 0. The maximum Gasteiger partial charge on any atom is 0.441 e. The first-order valence-electron chi connectivity index (χ1n) is 7.58. The first kappa shape index (κ1) is 15.9. The molecular formula is C15H19N3O4S. The van der Waals surface area contributed by atoms with Gasteiger partial charge in [-0.05, 0) is 25.0 Å². The van der Waals surface area contributed by atoms with Gasteiger partial charge in [-0.1, -0.05) is 29.8 Å². The van der Waals surface area contributed by atoms with Gasteiger partial charge >= 0.3 is 5.76 Å². The molecule has 0 amide bonds. The molecule has 2 heterocycles. The van der Waals surface area contributed by atoms with Gasteiger partial charge in [0.25, 0.3) is 0 Å². The van der Waals surface area contributed by atoms with Crippen LogP contribution in [0.1, 0.15) is 31.1 Å². The molecule has 0 N–H and O–H groups in total. The third kappa shape index (κ3) is 3.09. The molecule has 1 aromatic carbocycles. The van der Waals surface area contributed by atoms with Crippen LogP contribution < -0.4 is 5.76 Å². The lowest BCUT2D eigenvalue weighted by atomic mass is 10.1. The highest BCUT2D eigenvalue weighted by Crippen LogP contribution is 2.24. The van der Waals surface area contributed by atoms with E-state index in [4.69, 9.17) is 4.52 Å². The zero-order valence-electron chi connectivity index (χ0n) is 12.9. The van der Waals surface area contributed by atoms with Crippen LogP contribution in [0.15, 0.2) is 44.5 Å². The Morgan fingerprint density at radius 2 is 2.04 bits per heavy atom. The summed E-state index contributed by atoms with van der Waals surface area (Å²) in [6, 6.07) is 8.03. The second-order valence-electron chi connectivity index (χ2n) is 5.73. The van der Waals surface area contributed by atoms with Gasteiger partial charge in [-0.25, -0.2) is 13.2 Å². The molecule has 1 atom stereocenters. The highest BCUT2D eigenvalue weighted by atomic mass is 32.2. The van der Waals surface area contributed by atoms with Gasteiger partial charge in [-0.2, -0.15) is 4.31 Å². The van der Waals surface area contributed by atoms with Crippen molar-refractivity contribution >= 4 is 10.0 Å². The van der Waals surface area contributed by atoms with E-state index in [2.05, 4.69) is 5.16 Å². The lowest BCUT2D eigenvalue weighted by molar-refractivity contribution is 0.323. The smallest absolute Gasteiger partial charge is 0.296 e. The van der Waals surface area contributed by atoms with Crippen molar-refractivity contribution in [3.05, 3.63) is 46.7 Å². The molecule has 0 saturated carbocycles. The van der Waals surface area contributed by atoms with Crippen molar-refractivity contribution in [3.8, 4) is 0 Å². The van der Waals surface area contributed by atoms with Crippen LogP contribution in [0, 0.1) is 0 Å². The monoisotopic (exact) mass is 337 g/mol. The summed E-state index contributed by atoms with van der Waals surface area (Å²) in [6.07, 6.45) is 3.24. The van der Waals surface area contributed by atoms with Gasteiger partial charge in [0.15, 0.2) is 5.82 Å². The minimum atomic E-state index is -3.58. The van der Waals surface area contributed by atoms with E-state index < -0.39 is 15.8 Å². The van der Waals surface area contributed by atoms with Crippen LogP contribution in [0.4, 0.5) is 0 Å². The normalized spacial score (nSPS) is 18.6. The Kier molecular flexibility index (Phi) is 4.36. The van der Waals surface area contributed by atoms with Crippen LogP contribution in [0.3, 0.4) is 0 Å². The van der Waals surface area contributed by atoms with Crippen LogP contribution in [0.25, 0.3) is 0 Å². The molecule has 7 nitrogen and oxygen atoms in total. The number of likely N-dealkylation sites (N-methyl/N-ethyl adjacent to an activating group) is 1. The van der Waals surface area contributed by atoms with Gasteiger partial charge in [0, 0.05) is 20.0 Å². The number of hydrogen-bond acceptors (Lipinski definition) is 5. The summed E-state index contributed by atoms with van der Waals surface area (Å²) in [5.74, 6) is 0.0837. The minimum absolute atomic E-state index is 0.214. The Morgan fingerprint density at radius 3 is 2.78 bits per heavy atom. The van der Waals surface area contributed by atoms with Gasteiger partial charge in [0.2, 0.25) is 10.0 Å². The second-order valence-corrected chi connectivity index (χ2v) is 7.78. The van der Waals surface area contributed by atoms with Gasteiger partial charge in [-0.15, -0.1) is 0 Å². The number of benzene rings is 1. The molecule has 8 heteroatoms. The molecule has 0 fully saturated rings. The van der Waals surface area contributed by atoms with Crippen molar-refractivity contribution in [2.75, 3.05) is 13.6 Å². The fourth-order valence-corrected chi connectivity index (χ4v) is 4.17. The van der Waals surface area contributed by atoms with Crippen molar-refractivity contribution in [1.82, 2.24) is 14.0 Å². The molecular weight excluding hydrogens is 318 g/mol. The third-order valence-corrected chi connectivity index (χ3v) is 6.01. The quantitative estimate of drug-likeness (QED) is 0.842. The molecule has 0 spiro atoms. The van der Waals surface area contributed by atoms with Gasteiger partial charge in [-0.3, -0.25) is 9.09 Å². The third-order valence-electron chi connectivity index (χ3n) is 4.18. The molecule has 124 valence electrons. The summed E-state index contributed by atoms with van der Waals surface area (Å²) in [7, 11) is -2.05. The summed E-state index contributed by atoms with van der Waals surface area (Å²) in [5, 5.41) is 3.80. The number of nitrogens with zero attached hydrogens (tertiary/aromatic N) is 3. The Bertz CT molecular complexity index is 826. The average Bonchev–Trinajstić information content (AvgIpc) is 2.79. The highest BCUT2D eigenvalue weighted by molar-refractivity contribution is 7.89. The fraction of sp³-hybridized carbons (Fsp3) is 0.467. The summed E-state index contributed by atoms with van der Waals surface area (Å²) in [6.45, 7) is 0.214. The SMILES string of the molecule is CN(CC1CCCCc2noc(=O)n21)S(=O)(=O)c1ccccc1. The molecule has 0 radical (unpaired) electrons. The molecule has 0 saturated heterocycles. The number of fused-ring (bicyclic) bond motifs is 1. The van der Waals surface area contributed by atoms with Crippen LogP contribution >= 0.6 is 0 Å². The zero-order chi connectivity index (χ0) is 16.4. The number of aromatic nitrogens is 2. The number of rotatable bonds is 4. The number of aryl methyl sites for hydroxylation is 1. The van der Waals surface area contributed by atoms with Crippen molar-refractivity contribution in [1.29, 1.82) is 0 Å². The predicted molar refractivity (Wildman–Crippen MR) is 83.6 cm³/mol. The summed E-state index contributed by atoms with van der Waals surface area (Å²) < 4.78 is 32.8. The van der Waals surface area contributed by atoms with Crippen molar-refractivity contribution in [2.24, 2.45) is 0 Å². The molecule has 1 unspecified atom stereocenters.